The van der Waals surface area contributed by atoms with E-state index in [1.807, 2.05) is 6.92 Å². The number of aromatic nitrogens is 2. The summed E-state index contributed by atoms with van der Waals surface area (Å²) >= 11 is 6.13. The van der Waals surface area contributed by atoms with Gasteiger partial charge in [0, 0.05) is 19.1 Å². The molecule has 106 valence electrons. The van der Waals surface area contributed by atoms with E-state index in [2.05, 4.69) is 32.4 Å². The van der Waals surface area contributed by atoms with Gasteiger partial charge in [-0.15, -0.1) is 0 Å². The van der Waals surface area contributed by atoms with Crippen LogP contribution in [0.4, 0.5) is 11.8 Å². The predicted molar refractivity (Wildman–Crippen MR) is 80.0 cm³/mol. The third-order valence-electron chi connectivity index (χ3n) is 3.19. The van der Waals surface area contributed by atoms with Gasteiger partial charge in [-0.1, -0.05) is 11.6 Å². The smallest absolute Gasteiger partial charge is 0.224 e. The molecule has 2 heterocycles. The molecule has 1 aliphatic heterocycles. The Kier molecular flexibility index (Phi) is 5.22. The first-order valence-electron chi connectivity index (χ1n) is 6.94. The lowest BCUT2D eigenvalue weighted by molar-refractivity contribution is 0.327. The van der Waals surface area contributed by atoms with Crippen molar-refractivity contribution in [3.63, 3.8) is 0 Å². The molecule has 1 unspecified atom stereocenters. The Morgan fingerprint density at radius 1 is 1.42 bits per heavy atom. The average molecular weight is 284 g/mol. The van der Waals surface area contributed by atoms with Crippen molar-refractivity contribution in [2.75, 3.05) is 36.8 Å². The number of hydrogen-bond acceptors (Lipinski definition) is 5. The molecule has 1 saturated heterocycles. The van der Waals surface area contributed by atoms with Crippen LogP contribution in [0.15, 0.2) is 6.20 Å². The van der Waals surface area contributed by atoms with Crippen LogP contribution in [0.25, 0.3) is 0 Å². The van der Waals surface area contributed by atoms with E-state index in [0.717, 1.165) is 13.1 Å². The molecular weight excluding hydrogens is 262 g/mol. The highest BCUT2D eigenvalue weighted by atomic mass is 35.5. The Balaban J connectivity index is 1.94. The van der Waals surface area contributed by atoms with Gasteiger partial charge in [0.1, 0.15) is 5.02 Å². The van der Waals surface area contributed by atoms with E-state index < -0.39 is 0 Å². The van der Waals surface area contributed by atoms with E-state index in [0.29, 0.717) is 22.8 Å². The van der Waals surface area contributed by atoms with Gasteiger partial charge in [0.25, 0.3) is 0 Å². The molecule has 0 aliphatic carbocycles. The predicted octanol–water partition coefficient (Wildman–Crippen LogP) is 2.46. The minimum absolute atomic E-state index is 0.319. The fourth-order valence-electron chi connectivity index (χ4n) is 2.34. The highest BCUT2D eigenvalue weighted by Crippen LogP contribution is 2.20. The van der Waals surface area contributed by atoms with E-state index in [4.69, 9.17) is 11.6 Å². The van der Waals surface area contributed by atoms with Crippen molar-refractivity contribution < 1.29 is 0 Å². The minimum Gasteiger partial charge on any atom is -0.365 e. The topological polar surface area (TPSA) is 53.1 Å². The van der Waals surface area contributed by atoms with Gasteiger partial charge in [0.15, 0.2) is 5.82 Å². The van der Waals surface area contributed by atoms with Gasteiger partial charge in [-0.05, 0) is 39.8 Å². The quantitative estimate of drug-likeness (QED) is 0.840. The maximum absolute atomic E-state index is 6.13. The van der Waals surface area contributed by atoms with Gasteiger partial charge in [0.2, 0.25) is 5.95 Å². The molecule has 1 atom stereocenters. The fraction of sp³-hybridized carbons (Fsp3) is 0.692. The Hall–Kier alpha value is -1.07. The lowest BCUT2D eigenvalue weighted by Gasteiger charge is -2.22. The highest BCUT2D eigenvalue weighted by molar-refractivity contribution is 6.32. The normalized spacial score (nSPS) is 17.4. The number of nitrogens with one attached hydrogen (secondary N) is 2. The molecule has 0 spiro atoms. The zero-order chi connectivity index (χ0) is 13.7. The second-order valence-electron chi connectivity index (χ2n) is 4.97. The van der Waals surface area contributed by atoms with Crippen LogP contribution in [-0.4, -0.2) is 47.1 Å². The Labute approximate surface area is 119 Å². The first-order chi connectivity index (χ1) is 9.19. The number of anilines is 2. The summed E-state index contributed by atoms with van der Waals surface area (Å²) in [5.74, 6) is 1.32. The Morgan fingerprint density at radius 2 is 2.16 bits per heavy atom. The number of hydrogen-bond donors (Lipinski definition) is 2. The summed E-state index contributed by atoms with van der Waals surface area (Å²) < 4.78 is 0. The van der Waals surface area contributed by atoms with Crippen molar-refractivity contribution in [3.05, 3.63) is 11.2 Å². The van der Waals surface area contributed by atoms with Crippen LogP contribution in [0.5, 0.6) is 0 Å². The largest absolute Gasteiger partial charge is 0.365 e. The molecule has 1 aromatic rings. The first kappa shape index (κ1) is 14.3. The van der Waals surface area contributed by atoms with Gasteiger partial charge in [-0.2, -0.15) is 4.98 Å². The van der Waals surface area contributed by atoms with Crippen molar-refractivity contribution in [2.45, 2.75) is 32.7 Å². The van der Waals surface area contributed by atoms with E-state index >= 15 is 0 Å². The van der Waals surface area contributed by atoms with Crippen LogP contribution in [-0.2, 0) is 0 Å². The third kappa shape index (κ3) is 4.21. The molecule has 19 heavy (non-hydrogen) atoms. The lowest BCUT2D eigenvalue weighted by atomic mass is 10.3. The summed E-state index contributed by atoms with van der Waals surface area (Å²) in [6.45, 7) is 8.39. The molecule has 5 nitrogen and oxygen atoms in total. The van der Waals surface area contributed by atoms with Crippen LogP contribution in [0, 0.1) is 0 Å². The number of rotatable bonds is 6. The molecule has 2 rings (SSSR count). The van der Waals surface area contributed by atoms with E-state index in [1.54, 1.807) is 6.20 Å². The first-order valence-corrected chi connectivity index (χ1v) is 7.32. The molecule has 2 N–H and O–H groups in total. The lowest BCUT2D eigenvalue weighted by Crippen LogP contribution is -2.33. The minimum atomic E-state index is 0.319. The average Bonchev–Trinajstić information content (AvgIpc) is 2.86. The molecular formula is C13H22ClN5. The molecule has 1 aromatic heterocycles. The molecule has 0 amide bonds. The van der Waals surface area contributed by atoms with Crippen LogP contribution < -0.4 is 10.6 Å². The standard InChI is InChI=1S/C13H22ClN5/c1-3-15-13-16-8-11(14)12(18-13)17-10(2)9-19-6-4-5-7-19/h8,10H,3-7,9H2,1-2H3,(H2,15,16,17,18). The molecule has 1 fully saturated rings. The van der Waals surface area contributed by atoms with Crippen molar-refractivity contribution in [2.24, 2.45) is 0 Å². The summed E-state index contributed by atoms with van der Waals surface area (Å²) in [6, 6.07) is 0.319. The molecule has 0 aromatic carbocycles. The van der Waals surface area contributed by atoms with Crippen molar-refractivity contribution >= 4 is 23.4 Å². The fourth-order valence-corrected chi connectivity index (χ4v) is 2.49. The van der Waals surface area contributed by atoms with E-state index in [-0.39, 0.29) is 0 Å². The second kappa shape index (κ2) is 6.91. The second-order valence-corrected chi connectivity index (χ2v) is 5.38. The molecule has 0 bridgehead atoms. The van der Waals surface area contributed by atoms with Gasteiger partial charge >= 0.3 is 0 Å². The number of nitrogens with zero attached hydrogens (tertiary/aromatic N) is 3. The van der Waals surface area contributed by atoms with Gasteiger partial charge < -0.3 is 15.5 Å². The third-order valence-corrected chi connectivity index (χ3v) is 3.47. The summed E-state index contributed by atoms with van der Waals surface area (Å²) in [6.07, 6.45) is 4.26. The van der Waals surface area contributed by atoms with Crippen LogP contribution in [0.3, 0.4) is 0 Å². The van der Waals surface area contributed by atoms with E-state index in [9.17, 15) is 0 Å². The number of likely N-dealkylation sites (tertiary alicyclic amines) is 1. The Morgan fingerprint density at radius 3 is 2.84 bits per heavy atom. The monoisotopic (exact) mass is 283 g/mol. The number of halogens is 1. The zero-order valence-corrected chi connectivity index (χ0v) is 12.4. The van der Waals surface area contributed by atoms with Crippen LogP contribution >= 0.6 is 11.6 Å². The Bertz CT molecular complexity index is 406. The molecule has 6 heteroatoms. The maximum atomic E-state index is 6.13. The molecule has 0 saturated carbocycles. The highest BCUT2D eigenvalue weighted by Gasteiger charge is 2.15. The van der Waals surface area contributed by atoms with Crippen LogP contribution in [0.1, 0.15) is 26.7 Å². The van der Waals surface area contributed by atoms with Crippen LogP contribution in [0.2, 0.25) is 5.02 Å². The summed E-state index contributed by atoms with van der Waals surface area (Å²) in [4.78, 5) is 11.0. The van der Waals surface area contributed by atoms with Crippen molar-refractivity contribution in [3.8, 4) is 0 Å². The van der Waals surface area contributed by atoms with Gasteiger partial charge in [-0.3, -0.25) is 0 Å². The molecule has 0 radical (unpaired) electrons. The van der Waals surface area contributed by atoms with Gasteiger partial charge in [-0.25, -0.2) is 4.98 Å². The summed E-state index contributed by atoms with van der Waals surface area (Å²) in [7, 11) is 0. The van der Waals surface area contributed by atoms with Crippen molar-refractivity contribution in [1.82, 2.24) is 14.9 Å². The summed E-state index contributed by atoms with van der Waals surface area (Å²) in [5.41, 5.74) is 0. The summed E-state index contributed by atoms with van der Waals surface area (Å²) in [5, 5.41) is 7.03. The molecule has 1 aliphatic rings. The maximum Gasteiger partial charge on any atom is 0.224 e. The SMILES string of the molecule is CCNc1ncc(Cl)c(NC(C)CN2CCCC2)n1. The van der Waals surface area contributed by atoms with E-state index in [1.165, 1.54) is 25.9 Å². The zero-order valence-electron chi connectivity index (χ0n) is 11.6. The van der Waals surface area contributed by atoms with Gasteiger partial charge in [0.05, 0.1) is 6.20 Å². The van der Waals surface area contributed by atoms with Crippen molar-refractivity contribution in [1.29, 1.82) is 0 Å².